The van der Waals surface area contributed by atoms with E-state index >= 15 is 0 Å². The van der Waals surface area contributed by atoms with Crippen molar-refractivity contribution in [1.29, 1.82) is 0 Å². The maximum Gasteiger partial charge on any atom is 0.0171 e. The molecule has 1 fully saturated rings. The quantitative estimate of drug-likeness (QED) is 0.764. The second-order valence-electron chi connectivity index (χ2n) is 5.51. The summed E-state index contributed by atoms with van der Waals surface area (Å²) >= 11 is 0. The van der Waals surface area contributed by atoms with Gasteiger partial charge in [0.1, 0.15) is 0 Å². The van der Waals surface area contributed by atoms with Crippen LogP contribution in [0.5, 0.6) is 0 Å². The normalized spacial score (nSPS) is 17.1. The average Bonchev–Trinajstić information content (AvgIpc) is 3.21. The maximum atomic E-state index is 6.28. The minimum absolute atomic E-state index is 0.317. The molecule has 1 aromatic carbocycles. The van der Waals surface area contributed by atoms with E-state index in [-0.39, 0.29) is 0 Å². The van der Waals surface area contributed by atoms with Crippen LogP contribution in [0.4, 0.5) is 0 Å². The van der Waals surface area contributed by atoms with Gasteiger partial charge in [-0.2, -0.15) is 0 Å². The molecule has 1 aliphatic rings. The molecule has 2 nitrogen and oxygen atoms in total. The van der Waals surface area contributed by atoms with Crippen LogP contribution in [0.3, 0.4) is 0 Å². The summed E-state index contributed by atoms with van der Waals surface area (Å²) < 4.78 is 0. The van der Waals surface area contributed by atoms with E-state index in [2.05, 4.69) is 42.2 Å². The van der Waals surface area contributed by atoms with Crippen molar-refractivity contribution in [1.82, 2.24) is 4.90 Å². The van der Waals surface area contributed by atoms with Gasteiger partial charge in [-0.3, -0.25) is 4.90 Å². The van der Waals surface area contributed by atoms with Crippen molar-refractivity contribution in [2.75, 3.05) is 13.1 Å². The molecule has 0 aromatic heterocycles. The number of aryl methyl sites for hydroxylation is 1. The fourth-order valence-electron chi connectivity index (χ4n) is 2.54. The Morgan fingerprint density at radius 1 is 1.28 bits per heavy atom. The Labute approximate surface area is 111 Å². The van der Waals surface area contributed by atoms with Crippen LogP contribution in [0.25, 0.3) is 0 Å². The highest BCUT2D eigenvalue weighted by molar-refractivity contribution is 5.14. The Hall–Kier alpha value is -0.860. The lowest BCUT2D eigenvalue weighted by molar-refractivity contribution is 0.243. The van der Waals surface area contributed by atoms with Crippen LogP contribution in [0.1, 0.15) is 38.2 Å². The highest BCUT2D eigenvalue weighted by atomic mass is 15.2. The van der Waals surface area contributed by atoms with E-state index in [0.717, 1.165) is 25.4 Å². The Kier molecular flexibility index (Phi) is 5.21. The summed E-state index contributed by atoms with van der Waals surface area (Å²) in [6.07, 6.45) is 6.20. The predicted molar refractivity (Wildman–Crippen MR) is 77.6 cm³/mol. The maximum absolute atomic E-state index is 6.28. The van der Waals surface area contributed by atoms with E-state index in [1.807, 2.05) is 0 Å². The zero-order valence-corrected chi connectivity index (χ0v) is 11.5. The Morgan fingerprint density at radius 2 is 2.00 bits per heavy atom. The van der Waals surface area contributed by atoms with Crippen LogP contribution in [-0.2, 0) is 6.42 Å². The smallest absolute Gasteiger partial charge is 0.0171 e. The fraction of sp³-hybridized carbons (Fsp3) is 0.625. The highest BCUT2D eigenvalue weighted by Crippen LogP contribution is 2.27. The number of benzene rings is 1. The first-order valence-electron chi connectivity index (χ1n) is 7.33. The van der Waals surface area contributed by atoms with Crippen molar-refractivity contribution >= 4 is 0 Å². The minimum Gasteiger partial charge on any atom is -0.327 e. The largest absolute Gasteiger partial charge is 0.327 e. The summed E-state index contributed by atoms with van der Waals surface area (Å²) in [6, 6.07) is 11.8. The van der Waals surface area contributed by atoms with Crippen LogP contribution >= 0.6 is 0 Å². The second-order valence-corrected chi connectivity index (χ2v) is 5.51. The van der Waals surface area contributed by atoms with Gasteiger partial charge in [-0.05, 0) is 44.2 Å². The average molecular weight is 246 g/mol. The zero-order chi connectivity index (χ0) is 12.8. The highest BCUT2D eigenvalue weighted by Gasteiger charge is 2.28. The van der Waals surface area contributed by atoms with Crippen LogP contribution in [0.2, 0.25) is 0 Å². The van der Waals surface area contributed by atoms with E-state index in [4.69, 9.17) is 5.73 Å². The molecule has 0 heterocycles. The molecule has 1 aliphatic carbocycles. The first kappa shape index (κ1) is 13.6. The molecule has 0 saturated heterocycles. The second kappa shape index (κ2) is 6.91. The molecule has 0 radical (unpaired) electrons. The summed E-state index contributed by atoms with van der Waals surface area (Å²) in [5, 5.41) is 0. The van der Waals surface area contributed by atoms with Crippen LogP contribution < -0.4 is 5.73 Å². The predicted octanol–water partition coefficient (Wildman–Crippen LogP) is 2.82. The Balaban J connectivity index is 1.72. The summed E-state index contributed by atoms with van der Waals surface area (Å²) in [5.74, 6) is 0. The molecule has 18 heavy (non-hydrogen) atoms. The molecule has 1 atom stereocenters. The van der Waals surface area contributed by atoms with Gasteiger partial charge in [-0.25, -0.2) is 0 Å². The van der Waals surface area contributed by atoms with E-state index < -0.39 is 0 Å². The lowest BCUT2D eigenvalue weighted by Gasteiger charge is -2.25. The third-order valence-corrected chi connectivity index (χ3v) is 3.69. The van der Waals surface area contributed by atoms with E-state index in [9.17, 15) is 0 Å². The van der Waals surface area contributed by atoms with Crippen LogP contribution in [-0.4, -0.2) is 30.1 Å². The number of hydrogen-bond donors (Lipinski definition) is 1. The minimum atomic E-state index is 0.317. The molecule has 0 bridgehead atoms. The van der Waals surface area contributed by atoms with Gasteiger partial charge in [0.25, 0.3) is 0 Å². The Bertz CT molecular complexity index is 332. The molecule has 100 valence electrons. The topological polar surface area (TPSA) is 29.3 Å². The molecule has 1 unspecified atom stereocenters. The van der Waals surface area contributed by atoms with Gasteiger partial charge in [0.15, 0.2) is 0 Å². The molecule has 0 aliphatic heterocycles. The molecule has 1 saturated carbocycles. The number of hydrogen-bond acceptors (Lipinski definition) is 2. The SMILES string of the molecule is CCCN(CC(N)CCc1ccccc1)C1CC1. The first-order chi connectivity index (χ1) is 8.79. The number of rotatable bonds is 8. The third-order valence-electron chi connectivity index (χ3n) is 3.69. The van der Waals surface area contributed by atoms with Crippen molar-refractivity contribution in [2.24, 2.45) is 5.73 Å². The number of nitrogens with zero attached hydrogens (tertiary/aromatic N) is 1. The van der Waals surface area contributed by atoms with Crippen molar-refractivity contribution in [2.45, 2.75) is 51.1 Å². The third kappa shape index (κ3) is 4.43. The van der Waals surface area contributed by atoms with Crippen molar-refractivity contribution < 1.29 is 0 Å². The van der Waals surface area contributed by atoms with E-state index in [1.165, 1.54) is 31.4 Å². The monoisotopic (exact) mass is 246 g/mol. The number of nitrogens with two attached hydrogens (primary N) is 1. The Morgan fingerprint density at radius 3 is 2.61 bits per heavy atom. The van der Waals surface area contributed by atoms with Gasteiger partial charge in [-0.15, -0.1) is 0 Å². The van der Waals surface area contributed by atoms with Crippen molar-refractivity contribution in [3.63, 3.8) is 0 Å². The summed E-state index contributed by atoms with van der Waals surface area (Å²) in [7, 11) is 0. The summed E-state index contributed by atoms with van der Waals surface area (Å²) in [5.41, 5.74) is 7.68. The van der Waals surface area contributed by atoms with Crippen LogP contribution in [0.15, 0.2) is 30.3 Å². The van der Waals surface area contributed by atoms with Gasteiger partial charge in [0, 0.05) is 18.6 Å². The van der Waals surface area contributed by atoms with Gasteiger partial charge < -0.3 is 5.73 Å². The van der Waals surface area contributed by atoms with Gasteiger partial charge in [-0.1, -0.05) is 37.3 Å². The lowest BCUT2D eigenvalue weighted by atomic mass is 10.1. The molecular formula is C16H26N2. The van der Waals surface area contributed by atoms with Gasteiger partial charge in [0.05, 0.1) is 0 Å². The first-order valence-corrected chi connectivity index (χ1v) is 7.33. The van der Waals surface area contributed by atoms with E-state index in [1.54, 1.807) is 0 Å². The molecule has 1 aromatic rings. The zero-order valence-electron chi connectivity index (χ0n) is 11.5. The molecule has 2 heteroatoms. The summed E-state index contributed by atoms with van der Waals surface area (Å²) in [4.78, 5) is 2.59. The molecular weight excluding hydrogens is 220 g/mol. The van der Waals surface area contributed by atoms with Crippen molar-refractivity contribution in [3.8, 4) is 0 Å². The molecule has 0 amide bonds. The standard InChI is InChI=1S/C16H26N2/c1-2-12-18(16-10-11-16)13-15(17)9-8-14-6-4-3-5-7-14/h3-7,15-16H,2,8-13,17H2,1H3. The van der Waals surface area contributed by atoms with Gasteiger partial charge in [0.2, 0.25) is 0 Å². The van der Waals surface area contributed by atoms with E-state index in [0.29, 0.717) is 6.04 Å². The molecule has 0 spiro atoms. The lowest BCUT2D eigenvalue weighted by Crippen LogP contribution is -2.39. The van der Waals surface area contributed by atoms with Gasteiger partial charge >= 0.3 is 0 Å². The fourth-order valence-corrected chi connectivity index (χ4v) is 2.54. The van der Waals surface area contributed by atoms with Crippen molar-refractivity contribution in [3.05, 3.63) is 35.9 Å². The molecule has 2 N–H and O–H groups in total. The molecule has 2 rings (SSSR count). The van der Waals surface area contributed by atoms with Crippen LogP contribution in [0, 0.1) is 0 Å². The summed E-state index contributed by atoms with van der Waals surface area (Å²) in [6.45, 7) is 4.54.